The summed E-state index contributed by atoms with van der Waals surface area (Å²) in [5.41, 5.74) is -0.383. The molecule has 1 heterocycles. The van der Waals surface area contributed by atoms with Gasteiger partial charge in [0, 0.05) is 24.2 Å². The van der Waals surface area contributed by atoms with Crippen molar-refractivity contribution in [1.82, 2.24) is 10.2 Å². The Morgan fingerprint density at radius 3 is 2.33 bits per heavy atom. The Labute approximate surface area is 91.6 Å². The number of rotatable bonds is 1. The van der Waals surface area contributed by atoms with Crippen LogP contribution < -0.4 is 10.4 Å². The third kappa shape index (κ3) is 3.09. The number of nitrogens with one attached hydrogen (secondary N) is 1. The SMILES string of the molecule is C[C@H]1CC[C@@H](N(C(=O)[O-])C(C)(C)C)CN1. The molecule has 1 fully saturated rings. The van der Waals surface area contributed by atoms with Gasteiger partial charge in [-0.15, -0.1) is 0 Å². The number of carboxylic acid groups (broad SMARTS) is 1. The first kappa shape index (κ1) is 12.3. The number of hydrogen-bond acceptors (Lipinski definition) is 3. The molecule has 0 aromatic rings. The summed E-state index contributed by atoms with van der Waals surface area (Å²) in [4.78, 5) is 12.6. The molecule has 0 saturated carbocycles. The largest absolute Gasteiger partial charge is 0.530 e. The number of nitrogens with zero attached hydrogens (tertiary/aromatic N) is 1. The van der Waals surface area contributed by atoms with E-state index in [4.69, 9.17) is 0 Å². The third-order valence-electron chi connectivity index (χ3n) is 2.92. The van der Waals surface area contributed by atoms with E-state index in [9.17, 15) is 9.90 Å². The molecule has 0 aliphatic carbocycles. The van der Waals surface area contributed by atoms with E-state index in [1.807, 2.05) is 20.8 Å². The van der Waals surface area contributed by atoms with E-state index in [0.717, 1.165) is 19.4 Å². The topological polar surface area (TPSA) is 55.4 Å². The van der Waals surface area contributed by atoms with Crippen molar-refractivity contribution in [1.29, 1.82) is 0 Å². The Morgan fingerprint density at radius 2 is 2.00 bits per heavy atom. The minimum absolute atomic E-state index is 0.0474. The molecule has 15 heavy (non-hydrogen) atoms. The molecule has 0 unspecified atom stereocenters. The summed E-state index contributed by atoms with van der Waals surface area (Å²) in [6.45, 7) is 8.56. The van der Waals surface area contributed by atoms with E-state index in [-0.39, 0.29) is 11.6 Å². The fraction of sp³-hybridized carbons (Fsp3) is 0.909. The lowest BCUT2D eigenvalue weighted by molar-refractivity contribution is -0.274. The fourth-order valence-electron chi connectivity index (χ4n) is 2.17. The molecular formula is C11H21N2O2-. The van der Waals surface area contributed by atoms with E-state index in [2.05, 4.69) is 12.2 Å². The van der Waals surface area contributed by atoms with E-state index in [0.29, 0.717) is 6.04 Å². The highest BCUT2D eigenvalue weighted by Crippen LogP contribution is 2.22. The Kier molecular flexibility index (Phi) is 3.60. The van der Waals surface area contributed by atoms with Crippen LogP contribution in [0, 0.1) is 0 Å². The van der Waals surface area contributed by atoms with Crippen molar-refractivity contribution in [2.45, 2.75) is 58.2 Å². The lowest BCUT2D eigenvalue weighted by atomic mass is 9.96. The van der Waals surface area contributed by atoms with Gasteiger partial charge in [0.25, 0.3) is 0 Å². The van der Waals surface area contributed by atoms with Crippen LogP contribution >= 0.6 is 0 Å². The summed E-state index contributed by atoms with van der Waals surface area (Å²) in [7, 11) is 0. The molecule has 1 rings (SSSR count). The van der Waals surface area contributed by atoms with Crippen molar-refractivity contribution in [3.05, 3.63) is 0 Å². The molecule has 1 saturated heterocycles. The molecule has 0 aromatic carbocycles. The first-order valence-corrected chi connectivity index (χ1v) is 5.56. The number of carbonyl (C=O) groups excluding carboxylic acids is 1. The molecule has 1 aliphatic rings. The van der Waals surface area contributed by atoms with Crippen LogP contribution in [0.5, 0.6) is 0 Å². The average molecular weight is 213 g/mol. The van der Waals surface area contributed by atoms with Gasteiger partial charge in [-0.2, -0.15) is 0 Å². The molecule has 88 valence electrons. The van der Waals surface area contributed by atoms with E-state index < -0.39 is 6.09 Å². The van der Waals surface area contributed by atoms with Crippen LogP contribution in [0.4, 0.5) is 4.79 Å². The maximum atomic E-state index is 11.1. The zero-order valence-electron chi connectivity index (χ0n) is 10.0. The van der Waals surface area contributed by atoms with Crippen molar-refractivity contribution in [2.75, 3.05) is 6.54 Å². The standard InChI is InChI=1S/C11H22N2O2/c1-8-5-6-9(7-12-8)13(10(14)15)11(2,3)4/h8-9,12H,5-7H2,1-4H3,(H,14,15)/p-1/t8-,9+/m0/s1. The fourth-order valence-corrected chi connectivity index (χ4v) is 2.17. The highest BCUT2D eigenvalue weighted by molar-refractivity contribution is 5.64. The molecule has 0 bridgehead atoms. The van der Waals surface area contributed by atoms with Crippen LogP contribution in [0.3, 0.4) is 0 Å². The highest BCUT2D eigenvalue weighted by Gasteiger charge is 2.30. The minimum atomic E-state index is -1.07. The molecule has 1 aliphatic heterocycles. The normalized spacial score (nSPS) is 27.5. The molecule has 0 aromatic heterocycles. The molecule has 1 amide bonds. The van der Waals surface area contributed by atoms with Crippen molar-refractivity contribution < 1.29 is 9.90 Å². The quantitative estimate of drug-likeness (QED) is 0.693. The van der Waals surface area contributed by atoms with Crippen LogP contribution in [-0.2, 0) is 0 Å². The molecule has 2 atom stereocenters. The predicted octanol–water partition coefficient (Wildman–Crippen LogP) is 0.571. The Morgan fingerprint density at radius 1 is 1.40 bits per heavy atom. The number of hydrogen-bond donors (Lipinski definition) is 1. The van der Waals surface area contributed by atoms with Gasteiger partial charge in [0.15, 0.2) is 0 Å². The molecule has 4 nitrogen and oxygen atoms in total. The number of carbonyl (C=O) groups is 1. The van der Waals surface area contributed by atoms with Gasteiger partial charge in [-0.25, -0.2) is 0 Å². The smallest absolute Gasteiger partial charge is 0.137 e. The summed E-state index contributed by atoms with van der Waals surface area (Å²) >= 11 is 0. The van der Waals surface area contributed by atoms with Crippen LogP contribution in [0.1, 0.15) is 40.5 Å². The van der Waals surface area contributed by atoms with Crippen LogP contribution in [-0.4, -0.2) is 35.2 Å². The lowest BCUT2D eigenvalue weighted by Crippen LogP contribution is -2.60. The minimum Gasteiger partial charge on any atom is -0.530 e. The zero-order chi connectivity index (χ0) is 11.6. The van der Waals surface area contributed by atoms with Crippen LogP contribution in [0.15, 0.2) is 0 Å². The summed E-state index contributed by atoms with van der Waals surface area (Å²) in [6, 6.07) is 0.538. The van der Waals surface area contributed by atoms with Crippen molar-refractivity contribution in [3.8, 4) is 0 Å². The van der Waals surface area contributed by atoms with Crippen molar-refractivity contribution >= 4 is 6.09 Å². The van der Waals surface area contributed by atoms with Gasteiger partial charge in [-0.1, -0.05) is 0 Å². The molecule has 4 heteroatoms. The van der Waals surface area contributed by atoms with Gasteiger partial charge in [0.05, 0.1) is 0 Å². The Hall–Kier alpha value is -0.770. The highest BCUT2D eigenvalue weighted by atomic mass is 16.4. The first-order valence-electron chi connectivity index (χ1n) is 5.56. The second-order valence-electron chi connectivity index (χ2n) is 5.35. The lowest BCUT2D eigenvalue weighted by Gasteiger charge is -2.46. The Bertz CT molecular complexity index is 227. The molecule has 0 spiro atoms. The van der Waals surface area contributed by atoms with Gasteiger partial charge >= 0.3 is 0 Å². The molecular weight excluding hydrogens is 192 g/mol. The van der Waals surface area contributed by atoms with Crippen molar-refractivity contribution in [3.63, 3.8) is 0 Å². The monoisotopic (exact) mass is 213 g/mol. The van der Waals surface area contributed by atoms with Gasteiger partial charge in [-0.05, 0) is 40.5 Å². The maximum absolute atomic E-state index is 11.1. The molecule has 1 N–H and O–H groups in total. The van der Waals surface area contributed by atoms with E-state index in [1.165, 1.54) is 4.90 Å². The maximum Gasteiger partial charge on any atom is 0.137 e. The van der Waals surface area contributed by atoms with Gasteiger partial charge in [-0.3, -0.25) is 0 Å². The third-order valence-corrected chi connectivity index (χ3v) is 2.92. The number of piperidine rings is 1. The summed E-state index contributed by atoms with van der Waals surface area (Å²) in [5.74, 6) is 0. The summed E-state index contributed by atoms with van der Waals surface area (Å²) < 4.78 is 0. The molecule has 0 radical (unpaired) electrons. The van der Waals surface area contributed by atoms with Gasteiger partial charge in [0.1, 0.15) is 6.09 Å². The second-order valence-corrected chi connectivity index (χ2v) is 5.35. The predicted molar refractivity (Wildman–Crippen MR) is 57.5 cm³/mol. The van der Waals surface area contributed by atoms with Gasteiger partial charge in [0.2, 0.25) is 0 Å². The van der Waals surface area contributed by atoms with Crippen LogP contribution in [0.25, 0.3) is 0 Å². The van der Waals surface area contributed by atoms with E-state index in [1.54, 1.807) is 0 Å². The summed E-state index contributed by atoms with van der Waals surface area (Å²) in [6.07, 6.45) is 0.869. The zero-order valence-corrected chi connectivity index (χ0v) is 10.0. The average Bonchev–Trinajstić information content (AvgIpc) is 2.05. The van der Waals surface area contributed by atoms with E-state index >= 15 is 0 Å². The summed E-state index contributed by atoms with van der Waals surface area (Å²) in [5, 5.41) is 14.4. The van der Waals surface area contributed by atoms with Crippen LogP contribution in [0.2, 0.25) is 0 Å². The number of amides is 1. The van der Waals surface area contributed by atoms with Gasteiger partial charge < -0.3 is 20.1 Å². The first-order chi connectivity index (χ1) is 6.82. The Balaban J connectivity index is 2.69. The second kappa shape index (κ2) is 4.39. The van der Waals surface area contributed by atoms with Crippen molar-refractivity contribution in [2.24, 2.45) is 0 Å².